The van der Waals surface area contributed by atoms with Crippen molar-refractivity contribution in [2.45, 2.75) is 25.8 Å². The Labute approximate surface area is 144 Å². The van der Waals surface area contributed by atoms with E-state index in [1.165, 1.54) is 18.6 Å². The number of carbonyl (C=O) groups excluding carboxylic acids is 1. The number of nitrogens with zero attached hydrogens (tertiary/aromatic N) is 2. The lowest BCUT2D eigenvalue weighted by atomic mass is 10.1. The van der Waals surface area contributed by atoms with Crippen molar-refractivity contribution >= 4 is 27.5 Å². The highest BCUT2D eigenvalue weighted by Crippen LogP contribution is 2.28. The smallest absolute Gasteiger partial charge is 0.270 e. The summed E-state index contributed by atoms with van der Waals surface area (Å²) in [7, 11) is 0. The fourth-order valence-electron chi connectivity index (χ4n) is 3.39. The zero-order chi connectivity index (χ0) is 16.5. The van der Waals surface area contributed by atoms with Gasteiger partial charge in [0.15, 0.2) is 0 Å². The highest BCUT2D eigenvalue weighted by molar-refractivity contribution is 7.16. The molecule has 0 N–H and O–H groups in total. The number of hydrogen-bond donors (Lipinski definition) is 0. The zero-order valence-corrected chi connectivity index (χ0v) is 14.2. The van der Waals surface area contributed by atoms with Gasteiger partial charge in [0.25, 0.3) is 5.91 Å². The normalized spacial score (nSPS) is 15.1. The van der Waals surface area contributed by atoms with E-state index in [0.29, 0.717) is 12.2 Å². The van der Waals surface area contributed by atoms with Gasteiger partial charge in [0.2, 0.25) is 0 Å². The van der Waals surface area contributed by atoms with Crippen LogP contribution in [0.5, 0.6) is 0 Å². The molecule has 0 radical (unpaired) electrons. The van der Waals surface area contributed by atoms with E-state index in [4.69, 9.17) is 0 Å². The first kappa shape index (κ1) is 15.4. The van der Waals surface area contributed by atoms with Crippen LogP contribution in [-0.4, -0.2) is 28.5 Å². The number of likely N-dealkylation sites (tertiary alicyclic amines) is 1. The van der Waals surface area contributed by atoms with E-state index in [2.05, 4.69) is 0 Å². The second kappa shape index (κ2) is 6.40. The summed E-state index contributed by atoms with van der Waals surface area (Å²) in [6.07, 6.45) is 3.35. The molecule has 3 nitrogen and oxygen atoms in total. The predicted octanol–water partition coefficient (Wildman–Crippen LogP) is 4.52. The minimum atomic E-state index is -0.244. The average molecular weight is 342 g/mol. The van der Waals surface area contributed by atoms with Crippen molar-refractivity contribution < 1.29 is 9.18 Å². The lowest BCUT2D eigenvalue weighted by Crippen LogP contribution is -2.36. The minimum Gasteiger partial charge on any atom is -0.337 e. The number of thiophene rings is 1. The number of benzene rings is 1. The van der Waals surface area contributed by atoms with Gasteiger partial charge in [-0.05, 0) is 54.5 Å². The Balaban J connectivity index is 1.72. The molecule has 1 aliphatic rings. The second-order valence-electron chi connectivity index (χ2n) is 6.28. The van der Waals surface area contributed by atoms with Crippen LogP contribution in [0.25, 0.3) is 10.2 Å². The van der Waals surface area contributed by atoms with Gasteiger partial charge in [-0.2, -0.15) is 0 Å². The maximum Gasteiger partial charge on any atom is 0.270 e. The summed E-state index contributed by atoms with van der Waals surface area (Å²) in [5, 5.41) is 3.11. The van der Waals surface area contributed by atoms with E-state index >= 15 is 0 Å². The topological polar surface area (TPSA) is 25.2 Å². The molecule has 24 heavy (non-hydrogen) atoms. The molecule has 1 aromatic carbocycles. The summed E-state index contributed by atoms with van der Waals surface area (Å²) in [5.41, 5.74) is 1.58. The quantitative estimate of drug-likeness (QED) is 0.687. The van der Waals surface area contributed by atoms with Crippen molar-refractivity contribution in [3.8, 4) is 0 Å². The first-order valence-corrected chi connectivity index (χ1v) is 9.21. The Morgan fingerprint density at radius 2 is 1.96 bits per heavy atom. The molecule has 1 saturated heterocycles. The maximum atomic E-state index is 13.5. The fourth-order valence-corrected chi connectivity index (χ4v) is 4.28. The number of amides is 1. The van der Waals surface area contributed by atoms with Crippen molar-refractivity contribution in [3.05, 3.63) is 58.9 Å². The van der Waals surface area contributed by atoms with Gasteiger partial charge in [-0.1, -0.05) is 12.1 Å². The first-order valence-electron chi connectivity index (χ1n) is 8.33. The maximum absolute atomic E-state index is 13.5. The van der Waals surface area contributed by atoms with Crippen LogP contribution in [0.1, 0.15) is 35.3 Å². The van der Waals surface area contributed by atoms with Crippen LogP contribution in [0, 0.1) is 5.82 Å². The molecule has 0 unspecified atom stereocenters. The summed E-state index contributed by atoms with van der Waals surface area (Å²) in [4.78, 5) is 16.0. The van der Waals surface area contributed by atoms with E-state index in [0.717, 1.165) is 41.7 Å². The summed E-state index contributed by atoms with van der Waals surface area (Å²) < 4.78 is 15.6. The Hall–Kier alpha value is -2.14. The van der Waals surface area contributed by atoms with Crippen LogP contribution in [0.4, 0.5) is 4.39 Å². The highest BCUT2D eigenvalue weighted by Gasteiger charge is 2.23. The molecule has 0 aliphatic carbocycles. The molecule has 3 aromatic rings. The molecule has 2 aromatic heterocycles. The summed E-state index contributed by atoms with van der Waals surface area (Å²) >= 11 is 1.62. The SMILES string of the molecule is O=C(c1cc2ccsc2n1Cc1cccc(F)c1)N1CCCCC1. The van der Waals surface area contributed by atoms with Gasteiger partial charge in [-0.15, -0.1) is 11.3 Å². The molecule has 4 rings (SSSR count). The number of hydrogen-bond acceptors (Lipinski definition) is 2. The van der Waals surface area contributed by atoms with Gasteiger partial charge in [0.05, 0.1) is 0 Å². The average Bonchev–Trinajstić information content (AvgIpc) is 3.18. The van der Waals surface area contributed by atoms with Gasteiger partial charge < -0.3 is 9.47 Å². The third kappa shape index (κ3) is 2.84. The molecule has 0 atom stereocenters. The van der Waals surface area contributed by atoms with E-state index in [-0.39, 0.29) is 11.7 Å². The number of fused-ring (bicyclic) bond motifs is 1. The van der Waals surface area contributed by atoms with Crippen molar-refractivity contribution in [2.75, 3.05) is 13.1 Å². The number of rotatable bonds is 3. The van der Waals surface area contributed by atoms with Crippen molar-refractivity contribution in [3.63, 3.8) is 0 Å². The van der Waals surface area contributed by atoms with Crippen LogP contribution in [0.3, 0.4) is 0 Å². The molecular weight excluding hydrogens is 323 g/mol. The fraction of sp³-hybridized carbons (Fsp3) is 0.316. The highest BCUT2D eigenvalue weighted by atomic mass is 32.1. The van der Waals surface area contributed by atoms with Crippen molar-refractivity contribution in [1.29, 1.82) is 0 Å². The predicted molar refractivity (Wildman–Crippen MR) is 95.1 cm³/mol. The second-order valence-corrected chi connectivity index (χ2v) is 7.17. The third-order valence-corrected chi connectivity index (χ3v) is 5.55. The van der Waals surface area contributed by atoms with Crippen LogP contribution in [0.15, 0.2) is 41.8 Å². The van der Waals surface area contributed by atoms with Gasteiger partial charge in [-0.25, -0.2) is 4.39 Å². The van der Waals surface area contributed by atoms with Gasteiger partial charge in [0, 0.05) is 25.0 Å². The molecule has 1 aliphatic heterocycles. The van der Waals surface area contributed by atoms with Crippen molar-refractivity contribution in [2.24, 2.45) is 0 Å². The molecule has 1 fully saturated rings. The Morgan fingerprint density at radius 1 is 1.12 bits per heavy atom. The number of halogens is 1. The summed E-state index contributed by atoms with van der Waals surface area (Å²) in [6, 6.07) is 10.6. The lowest BCUT2D eigenvalue weighted by Gasteiger charge is -2.27. The molecule has 0 saturated carbocycles. The van der Waals surface area contributed by atoms with Crippen LogP contribution < -0.4 is 0 Å². The monoisotopic (exact) mass is 342 g/mol. The summed E-state index contributed by atoms with van der Waals surface area (Å²) in [6.45, 7) is 2.17. The molecule has 0 spiro atoms. The van der Waals surface area contributed by atoms with Crippen molar-refractivity contribution in [1.82, 2.24) is 9.47 Å². The Kier molecular flexibility index (Phi) is 4.10. The molecule has 124 valence electrons. The van der Waals surface area contributed by atoms with Gasteiger partial charge in [-0.3, -0.25) is 4.79 Å². The van der Waals surface area contributed by atoms with E-state index < -0.39 is 0 Å². The van der Waals surface area contributed by atoms with E-state index in [9.17, 15) is 9.18 Å². The molecule has 5 heteroatoms. The minimum absolute atomic E-state index is 0.0921. The molecule has 1 amide bonds. The number of carbonyl (C=O) groups is 1. The number of aromatic nitrogens is 1. The molecule has 3 heterocycles. The van der Waals surface area contributed by atoms with Gasteiger partial charge >= 0.3 is 0 Å². The van der Waals surface area contributed by atoms with Gasteiger partial charge in [0.1, 0.15) is 16.3 Å². The van der Waals surface area contributed by atoms with Crippen LogP contribution in [-0.2, 0) is 6.54 Å². The number of piperidine rings is 1. The Morgan fingerprint density at radius 3 is 2.75 bits per heavy atom. The zero-order valence-electron chi connectivity index (χ0n) is 13.4. The van der Waals surface area contributed by atoms with Crippen LogP contribution in [0.2, 0.25) is 0 Å². The molecular formula is C19H19FN2OS. The Bertz CT molecular complexity index is 877. The molecule has 0 bridgehead atoms. The standard InChI is InChI=1S/C19H19FN2OS/c20-16-6-4-5-14(11-16)13-22-17(12-15-7-10-24-19(15)22)18(23)21-8-2-1-3-9-21/h4-7,10-12H,1-3,8-9,13H2. The van der Waals surface area contributed by atoms with E-state index in [1.54, 1.807) is 17.4 Å². The first-order chi connectivity index (χ1) is 11.7. The van der Waals surface area contributed by atoms with Crippen LogP contribution >= 0.6 is 11.3 Å². The lowest BCUT2D eigenvalue weighted by molar-refractivity contribution is 0.0714. The largest absolute Gasteiger partial charge is 0.337 e. The van der Waals surface area contributed by atoms with E-state index in [1.807, 2.05) is 33.0 Å². The third-order valence-electron chi connectivity index (χ3n) is 4.59. The summed E-state index contributed by atoms with van der Waals surface area (Å²) in [5.74, 6) is -0.152.